The number of esters is 1. The molecule has 0 spiro atoms. The molecule has 0 bridgehead atoms. The Morgan fingerprint density at radius 1 is 1.19 bits per heavy atom. The summed E-state index contributed by atoms with van der Waals surface area (Å²) in [7, 11) is 0. The van der Waals surface area contributed by atoms with Gasteiger partial charge in [0.15, 0.2) is 6.61 Å². The number of amides is 3. The fourth-order valence-corrected chi connectivity index (χ4v) is 2.83. The van der Waals surface area contributed by atoms with Crippen LogP contribution in [0, 0.1) is 16.0 Å². The molecule has 1 aromatic rings. The molecule has 2 atom stereocenters. The van der Waals surface area contributed by atoms with Gasteiger partial charge < -0.3 is 10.1 Å². The summed E-state index contributed by atoms with van der Waals surface area (Å²) in [6.45, 7) is 1.43. The van der Waals surface area contributed by atoms with Gasteiger partial charge in [0, 0.05) is 18.2 Å². The topological polar surface area (TPSA) is 128 Å². The van der Waals surface area contributed by atoms with Gasteiger partial charge in [0.1, 0.15) is 0 Å². The second-order valence-electron chi connectivity index (χ2n) is 6.27. The van der Waals surface area contributed by atoms with E-state index >= 15 is 0 Å². The Morgan fingerprint density at radius 2 is 1.85 bits per heavy atom. The van der Waals surface area contributed by atoms with E-state index in [4.69, 9.17) is 4.74 Å². The number of hydrogen-bond acceptors (Lipinski definition) is 6. The lowest BCUT2D eigenvalue weighted by atomic mass is 9.86. The van der Waals surface area contributed by atoms with Crippen molar-refractivity contribution in [3.8, 4) is 0 Å². The fraction of sp³-hybridized carbons (Fsp3) is 0.471. The zero-order chi connectivity index (χ0) is 19.1. The number of nitrogens with one attached hydrogen (secondary N) is 2. The van der Waals surface area contributed by atoms with Crippen molar-refractivity contribution in [1.29, 1.82) is 0 Å². The maximum atomic E-state index is 11.8. The van der Waals surface area contributed by atoms with E-state index in [2.05, 4.69) is 17.6 Å². The monoisotopic (exact) mass is 363 g/mol. The van der Waals surface area contributed by atoms with Crippen molar-refractivity contribution in [2.24, 2.45) is 5.92 Å². The average Bonchev–Trinajstić information content (AvgIpc) is 2.61. The summed E-state index contributed by atoms with van der Waals surface area (Å²) in [6.07, 6.45) is 4.08. The van der Waals surface area contributed by atoms with E-state index in [0.717, 1.165) is 37.8 Å². The van der Waals surface area contributed by atoms with Crippen LogP contribution < -0.4 is 10.6 Å². The Morgan fingerprint density at radius 3 is 2.46 bits per heavy atom. The van der Waals surface area contributed by atoms with E-state index < -0.39 is 29.4 Å². The van der Waals surface area contributed by atoms with Crippen LogP contribution in [-0.2, 0) is 9.53 Å². The van der Waals surface area contributed by atoms with Crippen LogP contribution >= 0.6 is 0 Å². The first-order valence-electron chi connectivity index (χ1n) is 8.38. The number of benzene rings is 1. The van der Waals surface area contributed by atoms with Crippen LogP contribution in [0.15, 0.2) is 24.3 Å². The number of rotatable bonds is 5. The minimum absolute atomic E-state index is 0.0270. The molecule has 0 heterocycles. The maximum Gasteiger partial charge on any atom is 0.338 e. The molecule has 0 saturated heterocycles. The molecular weight excluding hydrogens is 342 g/mol. The molecule has 0 aromatic heterocycles. The molecule has 3 amide bonds. The van der Waals surface area contributed by atoms with Gasteiger partial charge in [-0.2, -0.15) is 0 Å². The van der Waals surface area contributed by atoms with E-state index in [9.17, 15) is 24.5 Å². The molecule has 1 aromatic carbocycles. The SMILES string of the molecule is CC1CCCCC1NC(=O)NC(=O)COC(=O)c1ccc([N+](=O)[O-])cc1. The minimum atomic E-state index is -0.809. The second kappa shape index (κ2) is 8.93. The molecule has 26 heavy (non-hydrogen) atoms. The van der Waals surface area contributed by atoms with Crippen LogP contribution in [0.4, 0.5) is 10.5 Å². The largest absolute Gasteiger partial charge is 0.452 e. The molecule has 2 N–H and O–H groups in total. The number of carbonyl (C=O) groups excluding carboxylic acids is 3. The van der Waals surface area contributed by atoms with Crippen molar-refractivity contribution in [3.05, 3.63) is 39.9 Å². The van der Waals surface area contributed by atoms with Crippen LogP contribution in [-0.4, -0.2) is 35.5 Å². The first-order chi connectivity index (χ1) is 12.4. The molecule has 0 aliphatic heterocycles. The van der Waals surface area contributed by atoms with Gasteiger partial charge in [-0.1, -0.05) is 19.8 Å². The van der Waals surface area contributed by atoms with Crippen LogP contribution in [0.2, 0.25) is 0 Å². The number of imide groups is 1. The third-order valence-corrected chi connectivity index (χ3v) is 4.33. The highest BCUT2D eigenvalue weighted by molar-refractivity contribution is 5.97. The van der Waals surface area contributed by atoms with Gasteiger partial charge in [0.05, 0.1) is 10.5 Å². The maximum absolute atomic E-state index is 11.8. The second-order valence-corrected chi connectivity index (χ2v) is 6.27. The molecule has 9 nitrogen and oxygen atoms in total. The standard InChI is InChI=1S/C17H21N3O6/c1-11-4-2-3-5-14(11)18-17(23)19-15(21)10-26-16(22)12-6-8-13(9-7-12)20(24)25/h6-9,11,14H,2-5,10H2,1H3,(H2,18,19,21,23). The zero-order valence-electron chi connectivity index (χ0n) is 14.4. The molecule has 1 fully saturated rings. The lowest BCUT2D eigenvalue weighted by molar-refractivity contribution is -0.384. The Labute approximate surface area is 150 Å². The van der Waals surface area contributed by atoms with Crippen LogP contribution in [0.5, 0.6) is 0 Å². The third-order valence-electron chi connectivity index (χ3n) is 4.33. The molecule has 1 aliphatic carbocycles. The first-order valence-corrected chi connectivity index (χ1v) is 8.38. The number of ether oxygens (including phenoxy) is 1. The Hall–Kier alpha value is -2.97. The van der Waals surface area contributed by atoms with Gasteiger partial charge in [0.2, 0.25) is 0 Å². The lowest BCUT2D eigenvalue weighted by Crippen LogP contribution is -2.48. The van der Waals surface area contributed by atoms with Gasteiger partial charge in [-0.25, -0.2) is 9.59 Å². The number of nitrogens with zero attached hydrogens (tertiary/aromatic N) is 1. The lowest BCUT2D eigenvalue weighted by Gasteiger charge is -2.29. The van der Waals surface area contributed by atoms with E-state index in [1.54, 1.807) is 0 Å². The van der Waals surface area contributed by atoms with Gasteiger partial charge in [-0.15, -0.1) is 0 Å². The van der Waals surface area contributed by atoms with Crippen LogP contribution in [0.1, 0.15) is 43.0 Å². The van der Waals surface area contributed by atoms with Crippen molar-refractivity contribution in [2.75, 3.05) is 6.61 Å². The average molecular weight is 363 g/mol. The smallest absolute Gasteiger partial charge is 0.338 e. The highest BCUT2D eigenvalue weighted by Gasteiger charge is 2.23. The van der Waals surface area contributed by atoms with Crippen molar-refractivity contribution in [1.82, 2.24) is 10.6 Å². The highest BCUT2D eigenvalue weighted by Crippen LogP contribution is 2.23. The van der Waals surface area contributed by atoms with E-state index in [-0.39, 0.29) is 17.3 Å². The molecule has 9 heteroatoms. The van der Waals surface area contributed by atoms with E-state index in [0.29, 0.717) is 5.92 Å². The predicted octanol–water partition coefficient (Wildman–Crippen LogP) is 2.16. The summed E-state index contributed by atoms with van der Waals surface area (Å²) in [5.41, 5.74) is -0.0863. The number of urea groups is 1. The highest BCUT2D eigenvalue weighted by atomic mass is 16.6. The van der Waals surface area contributed by atoms with Crippen LogP contribution in [0.25, 0.3) is 0 Å². The third kappa shape index (κ3) is 5.54. The van der Waals surface area contributed by atoms with E-state index in [1.807, 2.05) is 0 Å². The minimum Gasteiger partial charge on any atom is -0.452 e. The van der Waals surface area contributed by atoms with E-state index in [1.165, 1.54) is 12.1 Å². The molecule has 1 saturated carbocycles. The molecule has 140 valence electrons. The summed E-state index contributed by atoms with van der Waals surface area (Å²) < 4.78 is 4.80. The summed E-state index contributed by atoms with van der Waals surface area (Å²) in [4.78, 5) is 45.3. The normalized spacial score (nSPS) is 19.3. The summed E-state index contributed by atoms with van der Waals surface area (Å²) in [5.74, 6) is -1.21. The van der Waals surface area contributed by atoms with Gasteiger partial charge in [-0.3, -0.25) is 20.2 Å². The predicted molar refractivity (Wildman–Crippen MR) is 91.5 cm³/mol. The van der Waals surface area contributed by atoms with Crippen molar-refractivity contribution in [3.63, 3.8) is 0 Å². The number of non-ortho nitro benzene ring substituents is 1. The Balaban J connectivity index is 1.76. The fourth-order valence-electron chi connectivity index (χ4n) is 2.83. The number of nitro groups is 1. The van der Waals surface area contributed by atoms with Gasteiger partial charge in [-0.05, 0) is 30.9 Å². The molecular formula is C17H21N3O6. The first kappa shape index (κ1) is 19.4. The Kier molecular flexibility index (Phi) is 6.65. The van der Waals surface area contributed by atoms with Crippen molar-refractivity contribution >= 4 is 23.6 Å². The van der Waals surface area contributed by atoms with Crippen molar-refractivity contribution < 1.29 is 24.0 Å². The number of carbonyl (C=O) groups is 3. The molecule has 2 rings (SSSR count). The molecule has 1 aliphatic rings. The summed E-state index contributed by atoms with van der Waals surface area (Å²) in [5, 5.41) is 15.4. The quantitative estimate of drug-likeness (QED) is 0.469. The number of nitro benzene ring substituents is 1. The van der Waals surface area contributed by atoms with Gasteiger partial charge in [0.25, 0.3) is 11.6 Å². The summed E-state index contributed by atoms with van der Waals surface area (Å²) in [6, 6.07) is 4.20. The molecule has 0 radical (unpaired) electrons. The van der Waals surface area contributed by atoms with Crippen molar-refractivity contribution in [2.45, 2.75) is 38.6 Å². The van der Waals surface area contributed by atoms with Gasteiger partial charge >= 0.3 is 12.0 Å². The number of hydrogen-bond donors (Lipinski definition) is 2. The molecule has 2 unspecified atom stereocenters. The zero-order valence-corrected chi connectivity index (χ0v) is 14.4. The van der Waals surface area contributed by atoms with Crippen LogP contribution in [0.3, 0.4) is 0 Å². The Bertz CT molecular complexity index is 688. The summed E-state index contributed by atoms with van der Waals surface area (Å²) >= 11 is 0.